The molecule has 0 fully saturated rings. The summed E-state index contributed by atoms with van der Waals surface area (Å²) < 4.78 is 34.7. The van der Waals surface area contributed by atoms with Gasteiger partial charge in [0.25, 0.3) is 0 Å². The van der Waals surface area contributed by atoms with Crippen molar-refractivity contribution < 1.29 is 42.5 Å². The van der Waals surface area contributed by atoms with Crippen molar-refractivity contribution in [2.24, 2.45) is 0 Å². The maximum Gasteiger partial charge on any atom is 1.00 e. The van der Waals surface area contributed by atoms with Crippen molar-refractivity contribution in [1.29, 1.82) is 0 Å². The van der Waals surface area contributed by atoms with Crippen LogP contribution in [0.25, 0.3) is 16.9 Å². The Labute approximate surface area is 181 Å². The van der Waals surface area contributed by atoms with Gasteiger partial charge in [0.05, 0.1) is 20.6 Å². The minimum Gasteiger partial charge on any atom is -0.744 e. The van der Waals surface area contributed by atoms with Gasteiger partial charge in [-0.25, -0.2) is 13.4 Å². The zero-order chi connectivity index (χ0) is 17.5. The Morgan fingerprint density at radius 1 is 0.960 bits per heavy atom. The van der Waals surface area contributed by atoms with Gasteiger partial charge in [0.15, 0.2) is 5.15 Å². The molecule has 3 aromatic rings. The molecular formula is C15H8Cl3N2NaO3S. The summed E-state index contributed by atoms with van der Waals surface area (Å²) in [5, 5.41) is 1.02. The minimum atomic E-state index is -4.50. The average Bonchev–Trinajstić information content (AvgIpc) is 2.91. The number of rotatable bonds is 3. The van der Waals surface area contributed by atoms with Gasteiger partial charge in [-0.1, -0.05) is 40.9 Å². The standard InChI is InChI=1S/C15H9Cl3N2O3S.Na/c16-12-6-1-9(7-13(12)17)14-15(18)19-8-20(14)10-2-4-11(5-3-10)24(21,22)23;/h1-8H,(H,21,22,23);/q;+1/p-1. The van der Waals surface area contributed by atoms with Gasteiger partial charge in [0.2, 0.25) is 0 Å². The first kappa shape index (κ1) is 20.7. The molecule has 25 heavy (non-hydrogen) atoms. The molecule has 0 aliphatic rings. The third-order valence-corrected chi connectivity index (χ3v) is 5.18. The largest absolute Gasteiger partial charge is 1.00 e. The number of nitrogens with zero attached hydrogens (tertiary/aromatic N) is 2. The summed E-state index contributed by atoms with van der Waals surface area (Å²) in [5.41, 5.74) is 1.84. The van der Waals surface area contributed by atoms with Gasteiger partial charge >= 0.3 is 29.6 Å². The van der Waals surface area contributed by atoms with E-state index in [1.54, 1.807) is 22.8 Å². The maximum atomic E-state index is 11.0. The summed E-state index contributed by atoms with van der Waals surface area (Å²) in [6.07, 6.45) is 1.49. The van der Waals surface area contributed by atoms with Crippen molar-refractivity contribution in [1.82, 2.24) is 9.55 Å². The zero-order valence-corrected chi connectivity index (χ0v) is 17.9. The van der Waals surface area contributed by atoms with Crippen LogP contribution in [0.4, 0.5) is 0 Å². The molecule has 0 N–H and O–H groups in total. The van der Waals surface area contributed by atoms with Crippen LogP contribution in [0, 0.1) is 0 Å². The van der Waals surface area contributed by atoms with Crippen molar-refractivity contribution in [3.05, 3.63) is 64.0 Å². The van der Waals surface area contributed by atoms with E-state index in [2.05, 4.69) is 4.98 Å². The van der Waals surface area contributed by atoms with E-state index in [9.17, 15) is 13.0 Å². The first-order valence-corrected chi connectivity index (χ1v) is 9.06. The molecule has 3 rings (SSSR count). The SMILES string of the molecule is O=S(=O)([O-])c1ccc(-n2cnc(Cl)c2-c2ccc(Cl)c(Cl)c2)cc1.[Na+]. The Hall–Kier alpha value is -0.570. The third kappa shape index (κ3) is 4.40. The van der Waals surface area contributed by atoms with E-state index in [1.165, 1.54) is 30.6 Å². The van der Waals surface area contributed by atoms with E-state index < -0.39 is 10.1 Å². The van der Waals surface area contributed by atoms with Crippen molar-refractivity contribution in [2.45, 2.75) is 4.90 Å². The Balaban J connectivity index is 0.00000225. The predicted octanol–water partition coefficient (Wildman–Crippen LogP) is 1.41. The first-order chi connectivity index (χ1) is 11.3. The predicted molar refractivity (Wildman–Crippen MR) is 92.0 cm³/mol. The smallest absolute Gasteiger partial charge is 0.744 e. The molecule has 0 spiro atoms. The fourth-order valence-electron chi connectivity index (χ4n) is 2.20. The fraction of sp³-hybridized carbons (Fsp3) is 0. The summed E-state index contributed by atoms with van der Waals surface area (Å²) in [6, 6.07) is 10.5. The molecule has 0 aliphatic heterocycles. The average molecular weight is 426 g/mol. The summed E-state index contributed by atoms with van der Waals surface area (Å²) in [6.45, 7) is 0. The van der Waals surface area contributed by atoms with Gasteiger partial charge in [-0.3, -0.25) is 4.57 Å². The van der Waals surface area contributed by atoms with Crippen LogP contribution in [0.1, 0.15) is 0 Å². The molecular weight excluding hydrogens is 418 g/mol. The van der Waals surface area contributed by atoms with Gasteiger partial charge < -0.3 is 4.55 Å². The second-order valence-electron chi connectivity index (χ2n) is 4.83. The number of halogens is 3. The fourth-order valence-corrected chi connectivity index (χ4v) is 3.21. The molecule has 5 nitrogen and oxygen atoms in total. The molecule has 1 heterocycles. The van der Waals surface area contributed by atoms with E-state index in [-0.39, 0.29) is 39.6 Å². The maximum absolute atomic E-state index is 11.0. The first-order valence-electron chi connectivity index (χ1n) is 6.52. The molecule has 0 saturated carbocycles. The van der Waals surface area contributed by atoms with Crippen molar-refractivity contribution in [3.63, 3.8) is 0 Å². The quantitative estimate of drug-likeness (QED) is 0.470. The number of imidazole rings is 1. The van der Waals surface area contributed by atoms with Crippen LogP contribution < -0.4 is 29.6 Å². The molecule has 0 aliphatic carbocycles. The van der Waals surface area contributed by atoms with Crippen LogP contribution in [0.3, 0.4) is 0 Å². The molecule has 1 aromatic heterocycles. The second kappa shape index (κ2) is 7.98. The normalized spacial score (nSPS) is 11.2. The van der Waals surface area contributed by atoms with Crippen molar-refractivity contribution in [2.75, 3.05) is 0 Å². The topological polar surface area (TPSA) is 75.0 Å². The van der Waals surface area contributed by atoms with Crippen LogP contribution in [0.5, 0.6) is 0 Å². The Kier molecular flexibility index (Phi) is 6.62. The molecule has 0 amide bonds. The number of hydrogen-bond acceptors (Lipinski definition) is 4. The van der Waals surface area contributed by atoms with Gasteiger partial charge in [-0.05, 0) is 36.4 Å². The van der Waals surface area contributed by atoms with Gasteiger partial charge in [0.1, 0.15) is 16.4 Å². The van der Waals surface area contributed by atoms with Crippen LogP contribution in [0.2, 0.25) is 15.2 Å². The van der Waals surface area contributed by atoms with Crippen molar-refractivity contribution >= 4 is 44.9 Å². The van der Waals surface area contributed by atoms with Gasteiger partial charge in [0, 0.05) is 11.3 Å². The van der Waals surface area contributed by atoms with E-state index in [1.807, 2.05) is 0 Å². The third-order valence-electron chi connectivity index (χ3n) is 3.32. The molecule has 2 aromatic carbocycles. The van der Waals surface area contributed by atoms with Crippen LogP contribution >= 0.6 is 34.8 Å². The Morgan fingerprint density at radius 3 is 2.16 bits per heavy atom. The summed E-state index contributed by atoms with van der Waals surface area (Å²) in [5.74, 6) is 0. The van der Waals surface area contributed by atoms with E-state index in [0.29, 0.717) is 27.0 Å². The van der Waals surface area contributed by atoms with Crippen LogP contribution in [-0.2, 0) is 10.1 Å². The van der Waals surface area contributed by atoms with Crippen LogP contribution in [0.15, 0.2) is 53.7 Å². The Bertz CT molecular complexity index is 1020. The van der Waals surface area contributed by atoms with Crippen LogP contribution in [-0.4, -0.2) is 22.5 Å². The number of hydrogen-bond donors (Lipinski definition) is 0. The van der Waals surface area contributed by atoms with Gasteiger partial charge in [-0.15, -0.1) is 0 Å². The molecule has 124 valence electrons. The molecule has 0 bridgehead atoms. The van der Waals surface area contributed by atoms with Crippen molar-refractivity contribution in [3.8, 4) is 16.9 Å². The van der Waals surface area contributed by atoms with E-state index in [0.717, 1.165) is 0 Å². The summed E-state index contributed by atoms with van der Waals surface area (Å²) in [4.78, 5) is 3.75. The summed E-state index contributed by atoms with van der Waals surface area (Å²) in [7, 11) is -4.50. The van der Waals surface area contributed by atoms with E-state index >= 15 is 0 Å². The molecule has 0 radical (unpaired) electrons. The van der Waals surface area contributed by atoms with E-state index in [4.69, 9.17) is 34.8 Å². The number of aromatic nitrogens is 2. The molecule has 10 heteroatoms. The Morgan fingerprint density at radius 2 is 1.60 bits per heavy atom. The monoisotopic (exact) mass is 424 g/mol. The molecule has 0 saturated heterocycles. The van der Waals surface area contributed by atoms with Gasteiger partial charge in [-0.2, -0.15) is 0 Å². The second-order valence-corrected chi connectivity index (χ2v) is 7.38. The summed E-state index contributed by atoms with van der Waals surface area (Å²) >= 11 is 18.1. The minimum absolute atomic E-state index is 0. The molecule has 0 unspecified atom stereocenters. The number of benzene rings is 2. The zero-order valence-electron chi connectivity index (χ0n) is 12.8. The molecule has 0 atom stereocenters.